The average molecular weight is 477 g/mol. The van der Waals surface area contributed by atoms with Crippen molar-refractivity contribution in [2.45, 2.75) is 64.3 Å². The van der Waals surface area contributed by atoms with Crippen molar-refractivity contribution in [2.24, 2.45) is 17.8 Å². The standard InChI is InChI=1S/C30H36O5/c1-4-34-29(33-3)35-27-10-9-25(19(2)11-20-5-7-24(8-6-20)28(31)32)15-26(27)30-16-21-12-22(17-30)14-23(13-21)18-30/h5-11,15,21-23,29H,4,12-14,16-18H2,1-3H3,(H,31,32)/b19-11-. The molecule has 4 bridgehead atoms. The summed E-state index contributed by atoms with van der Waals surface area (Å²) in [6, 6.07) is 13.5. The normalized spacial score (nSPS) is 28.2. The van der Waals surface area contributed by atoms with E-state index in [2.05, 4.69) is 31.2 Å². The van der Waals surface area contributed by atoms with Crippen molar-refractivity contribution in [1.82, 2.24) is 0 Å². The fourth-order valence-electron chi connectivity index (χ4n) is 7.18. The molecular formula is C30H36O5. The SMILES string of the molecule is CCOC(OC)Oc1ccc(/C(C)=C\c2ccc(C(=O)O)cc2)cc1C12CC3CC(CC(C3)C1)C2. The van der Waals surface area contributed by atoms with E-state index in [9.17, 15) is 9.90 Å². The molecule has 5 nitrogen and oxygen atoms in total. The maximum atomic E-state index is 11.2. The highest BCUT2D eigenvalue weighted by Crippen LogP contribution is 2.62. The summed E-state index contributed by atoms with van der Waals surface area (Å²) in [7, 11) is 1.61. The average Bonchev–Trinajstić information content (AvgIpc) is 2.83. The van der Waals surface area contributed by atoms with E-state index in [4.69, 9.17) is 14.2 Å². The maximum Gasteiger partial charge on any atom is 0.335 e. The van der Waals surface area contributed by atoms with Gasteiger partial charge < -0.3 is 19.3 Å². The van der Waals surface area contributed by atoms with Crippen LogP contribution >= 0.6 is 0 Å². The van der Waals surface area contributed by atoms with Crippen molar-refractivity contribution in [3.63, 3.8) is 0 Å². The van der Waals surface area contributed by atoms with Crippen molar-refractivity contribution < 1.29 is 24.1 Å². The quantitative estimate of drug-likeness (QED) is 0.320. The summed E-state index contributed by atoms with van der Waals surface area (Å²) in [4.78, 5) is 11.2. The lowest BCUT2D eigenvalue weighted by Crippen LogP contribution is -2.48. The van der Waals surface area contributed by atoms with Gasteiger partial charge in [-0.05, 0) is 117 Å². The van der Waals surface area contributed by atoms with Gasteiger partial charge in [-0.25, -0.2) is 4.79 Å². The van der Waals surface area contributed by atoms with E-state index in [-0.39, 0.29) is 5.41 Å². The smallest absolute Gasteiger partial charge is 0.335 e. The van der Waals surface area contributed by atoms with Crippen LogP contribution in [0.25, 0.3) is 11.6 Å². The second-order valence-electron chi connectivity index (χ2n) is 10.8. The van der Waals surface area contributed by atoms with Crippen LogP contribution in [0, 0.1) is 17.8 Å². The summed E-state index contributed by atoms with van der Waals surface area (Å²) in [6.45, 7) is 3.85. The predicted octanol–water partition coefficient (Wildman–Crippen LogP) is 6.76. The van der Waals surface area contributed by atoms with E-state index < -0.39 is 12.4 Å². The Bertz CT molecular complexity index is 1060. The molecular weight excluding hydrogens is 440 g/mol. The van der Waals surface area contributed by atoms with Gasteiger partial charge in [-0.15, -0.1) is 0 Å². The lowest BCUT2D eigenvalue weighted by Gasteiger charge is -2.57. The van der Waals surface area contributed by atoms with E-state index >= 15 is 0 Å². The first-order valence-electron chi connectivity index (χ1n) is 12.9. The van der Waals surface area contributed by atoms with E-state index in [0.29, 0.717) is 12.2 Å². The molecule has 1 atom stereocenters. The largest absolute Gasteiger partial charge is 0.478 e. The van der Waals surface area contributed by atoms with Crippen LogP contribution in [0.5, 0.6) is 5.75 Å². The molecule has 4 fully saturated rings. The Morgan fingerprint density at radius 2 is 1.63 bits per heavy atom. The van der Waals surface area contributed by atoms with Crippen LogP contribution in [0.4, 0.5) is 0 Å². The first-order chi connectivity index (χ1) is 16.9. The van der Waals surface area contributed by atoms with E-state index in [1.807, 2.05) is 19.1 Å². The monoisotopic (exact) mass is 476 g/mol. The van der Waals surface area contributed by atoms with Gasteiger partial charge in [0.1, 0.15) is 5.75 Å². The van der Waals surface area contributed by atoms with E-state index in [1.54, 1.807) is 19.2 Å². The minimum absolute atomic E-state index is 0.161. The summed E-state index contributed by atoms with van der Waals surface area (Å²) in [6.07, 6.45) is 10.0. The van der Waals surface area contributed by atoms with Gasteiger partial charge in [0.25, 0.3) is 0 Å². The highest BCUT2D eigenvalue weighted by molar-refractivity contribution is 5.88. The molecule has 0 spiro atoms. The van der Waals surface area contributed by atoms with Gasteiger partial charge in [0.15, 0.2) is 0 Å². The molecule has 4 aliphatic rings. The molecule has 0 aliphatic heterocycles. The Labute approximate surface area is 208 Å². The zero-order valence-electron chi connectivity index (χ0n) is 21.0. The van der Waals surface area contributed by atoms with Crippen molar-refractivity contribution in [3.8, 4) is 5.75 Å². The molecule has 4 saturated carbocycles. The second kappa shape index (κ2) is 9.79. The Morgan fingerprint density at radius 3 is 2.17 bits per heavy atom. The molecule has 2 aromatic rings. The number of ether oxygens (including phenoxy) is 3. The van der Waals surface area contributed by atoms with Crippen molar-refractivity contribution in [1.29, 1.82) is 0 Å². The van der Waals surface area contributed by atoms with Crippen molar-refractivity contribution in [2.75, 3.05) is 13.7 Å². The van der Waals surface area contributed by atoms with Gasteiger partial charge >= 0.3 is 12.4 Å². The van der Waals surface area contributed by atoms with Crippen LogP contribution in [0.3, 0.4) is 0 Å². The van der Waals surface area contributed by atoms with Crippen LogP contribution < -0.4 is 4.74 Å². The van der Waals surface area contributed by atoms with Crippen LogP contribution in [0.15, 0.2) is 42.5 Å². The first kappa shape index (κ1) is 24.1. The number of carboxylic acid groups (broad SMARTS) is 1. The molecule has 0 saturated heterocycles. The van der Waals surface area contributed by atoms with Gasteiger partial charge in [0.2, 0.25) is 0 Å². The van der Waals surface area contributed by atoms with Crippen LogP contribution in [0.2, 0.25) is 0 Å². The Balaban J connectivity index is 1.51. The number of hydrogen-bond donors (Lipinski definition) is 1. The molecule has 0 aromatic heterocycles. The van der Waals surface area contributed by atoms with Gasteiger partial charge in [-0.1, -0.05) is 24.3 Å². The summed E-state index contributed by atoms with van der Waals surface area (Å²) < 4.78 is 17.4. The van der Waals surface area contributed by atoms with Crippen molar-refractivity contribution >= 4 is 17.6 Å². The number of benzene rings is 2. The molecule has 1 N–H and O–H groups in total. The lowest BCUT2D eigenvalue weighted by atomic mass is 9.48. The molecule has 0 amide bonds. The highest BCUT2D eigenvalue weighted by Gasteiger charge is 2.52. The topological polar surface area (TPSA) is 65.0 Å². The second-order valence-corrected chi connectivity index (χ2v) is 10.8. The Kier molecular flexibility index (Phi) is 6.73. The summed E-state index contributed by atoms with van der Waals surface area (Å²) in [5.41, 5.74) is 5.04. The van der Waals surface area contributed by atoms with E-state index in [1.165, 1.54) is 44.1 Å². The highest BCUT2D eigenvalue weighted by atomic mass is 16.8. The number of rotatable bonds is 9. The third-order valence-electron chi connectivity index (χ3n) is 8.30. The molecule has 35 heavy (non-hydrogen) atoms. The summed E-state index contributed by atoms with van der Waals surface area (Å²) in [5, 5.41) is 9.18. The zero-order chi connectivity index (χ0) is 24.6. The van der Waals surface area contributed by atoms with Crippen molar-refractivity contribution in [3.05, 3.63) is 64.7 Å². The number of hydrogen-bond acceptors (Lipinski definition) is 4. The molecule has 0 radical (unpaired) electrons. The molecule has 186 valence electrons. The fourth-order valence-corrected chi connectivity index (χ4v) is 7.18. The fraction of sp³-hybridized carbons (Fsp3) is 0.500. The van der Waals surface area contributed by atoms with Gasteiger partial charge in [-0.2, -0.15) is 0 Å². The number of allylic oxidation sites excluding steroid dienone is 1. The third kappa shape index (κ3) is 4.89. The molecule has 1 unspecified atom stereocenters. The number of carboxylic acids is 1. The molecule has 4 aliphatic carbocycles. The minimum Gasteiger partial charge on any atom is -0.478 e. The van der Waals surface area contributed by atoms with Crippen LogP contribution in [0.1, 0.15) is 79.4 Å². The Hall–Kier alpha value is -2.63. The minimum atomic E-state index is -0.908. The molecule has 6 rings (SSSR count). The van der Waals surface area contributed by atoms with Crippen LogP contribution in [-0.4, -0.2) is 31.3 Å². The molecule has 0 heterocycles. The Morgan fingerprint density at radius 1 is 1.03 bits per heavy atom. The number of aromatic carboxylic acids is 1. The molecule has 5 heteroatoms. The predicted molar refractivity (Wildman–Crippen MR) is 136 cm³/mol. The number of methoxy groups -OCH3 is 1. The summed E-state index contributed by atoms with van der Waals surface area (Å²) in [5.74, 6) is 2.44. The van der Waals surface area contributed by atoms with E-state index in [0.717, 1.165) is 40.2 Å². The van der Waals surface area contributed by atoms with Gasteiger partial charge in [0, 0.05) is 12.7 Å². The third-order valence-corrected chi connectivity index (χ3v) is 8.30. The first-order valence-corrected chi connectivity index (χ1v) is 12.9. The summed E-state index contributed by atoms with van der Waals surface area (Å²) >= 11 is 0. The van der Waals surface area contributed by atoms with Gasteiger partial charge in [0.05, 0.1) is 12.2 Å². The van der Waals surface area contributed by atoms with Crippen LogP contribution in [-0.2, 0) is 14.9 Å². The maximum absolute atomic E-state index is 11.2. The molecule has 2 aromatic carbocycles. The number of carbonyl (C=O) groups is 1. The lowest BCUT2D eigenvalue weighted by molar-refractivity contribution is -0.231. The van der Waals surface area contributed by atoms with Gasteiger partial charge in [-0.3, -0.25) is 0 Å². The zero-order valence-corrected chi connectivity index (χ0v) is 21.0.